The van der Waals surface area contributed by atoms with E-state index in [9.17, 15) is 4.39 Å². The monoisotopic (exact) mass is 615 g/mol. The number of piperidine rings is 1. The molecule has 0 radical (unpaired) electrons. The number of aryl methyl sites for hydroxylation is 1. The summed E-state index contributed by atoms with van der Waals surface area (Å²) < 4.78 is 54.0. The van der Waals surface area contributed by atoms with Gasteiger partial charge in [-0.15, -0.1) is 0 Å². The Morgan fingerprint density at radius 1 is 0.911 bits per heavy atom. The van der Waals surface area contributed by atoms with E-state index in [0.717, 1.165) is 31.2 Å². The Kier molecular flexibility index (Phi) is 7.56. The van der Waals surface area contributed by atoms with E-state index in [1.165, 1.54) is 44.2 Å². The molecule has 3 aromatic carbocycles. The molecule has 4 unspecified atom stereocenters. The number of piperazine rings is 1. The summed E-state index contributed by atoms with van der Waals surface area (Å²) >= 11 is 0. The maximum Gasteiger partial charge on any atom is 0.319 e. The average Bonchev–Trinajstić information content (AvgIpc) is 3.49. The van der Waals surface area contributed by atoms with Crippen LogP contribution in [0.25, 0.3) is 32.8 Å². The fraction of sp³-hybridized carbons (Fsp3) is 0.500. The molecule has 236 valence electrons. The van der Waals surface area contributed by atoms with Gasteiger partial charge in [0.05, 0.1) is 12.2 Å². The molecule has 4 aliphatic rings. The van der Waals surface area contributed by atoms with Crippen molar-refractivity contribution in [2.75, 3.05) is 31.1 Å². The molecular weight excluding hydrogens is 575 g/mol. The number of halogens is 3. The SMILES string of the molecule is CCc1c(F)ccc2cccc(-c3c(F)cc4c(N5CC6CCC(C5)N6)nc(OCCCN5C6CCCC5CC6)nc4c3F)c12. The number of aromatic nitrogens is 2. The molecular formula is C36H40F3N5O. The summed E-state index contributed by atoms with van der Waals surface area (Å²) in [6.45, 7) is 4.64. The highest BCUT2D eigenvalue weighted by molar-refractivity contribution is 6.02. The maximum absolute atomic E-state index is 16.8. The number of ether oxygens (including phenoxy) is 1. The minimum Gasteiger partial charge on any atom is -0.463 e. The van der Waals surface area contributed by atoms with Gasteiger partial charge in [0, 0.05) is 49.2 Å². The number of hydrogen-bond donors (Lipinski definition) is 1. The molecule has 0 amide bonds. The fourth-order valence-electron chi connectivity index (χ4n) is 8.66. The van der Waals surface area contributed by atoms with Gasteiger partial charge in [0.1, 0.15) is 23.0 Å². The standard InChI is InChI=1S/C36H40F3N5O/c1-2-26-29(37)15-10-21-6-3-9-27(31(21)26)32-30(38)18-28-34(33(32)39)41-36(42-35(28)43-19-22-11-12-23(20-43)40-22)45-17-5-16-44-24-7-4-8-25(44)14-13-24/h3,6,9-10,15,18,22-25,40H,2,4-5,7-8,11-14,16-17,19-20H2,1H3. The molecule has 1 aromatic heterocycles. The molecule has 4 atom stereocenters. The van der Waals surface area contributed by atoms with Gasteiger partial charge in [-0.2, -0.15) is 9.97 Å². The minimum absolute atomic E-state index is 0.0257. The second-order valence-electron chi connectivity index (χ2n) is 13.4. The number of fused-ring (bicyclic) bond motifs is 6. The zero-order valence-electron chi connectivity index (χ0n) is 25.8. The number of benzene rings is 3. The largest absolute Gasteiger partial charge is 0.463 e. The molecule has 6 nitrogen and oxygen atoms in total. The van der Waals surface area contributed by atoms with Gasteiger partial charge in [-0.25, -0.2) is 13.2 Å². The third kappa shape index (κ3) is 5.12. The van der Waals surface area contributed by atoms with Crippen LogP contribution in [-0.2, 0) is 6.42 Å². The molecule has 4 aliphatic heterocycles. The average molecular weight is 616 g/mol. The molecule has 4 fully saturated rings. The van der Waals surface area contributed by atoms with Crippen molar-refractivity contribution in [3.63, 3.8) is 0 Å². The van der Waals surface area contributed by atoms with Gasteiger partial charge in [0.15, 0.2) is 5.82 Å². The first-order chi connectivity index (χ1) is 22.0. The van der Waals surface area contributed by atoms with Crippen LogP contribution in [0.15, 0.2) is 36.4 Å². The third-order valence-electron chi connectivity index (χ3n) is 10.7. The van der Waals surface area contributed by atoms with Crippen LogP contribution in [0.1, 0.15) is 63.9 Å². The number of anilines is 1. The molecule has 45 heavy (non-hydrogen) atoms. The third-order valence-corrected chi connectivity index (χ3v) is 10.7. The van der Waals surface area contributed by atoms with Crippen LogP contribution < -0.4 is 15.0 Å². The summed E-state index contributed by atoms with van der Waals surface area (Å²) in [7, 11) is 0. The van der Waals surface area contributed by atoms with Gasteiger partial charge in [0.2, 0.25) is 0 Å². The zero-order chi connectivity index (χ0) is 30.7. The van der Waals surface area contributed by atoms with E-state index in [1.54, 1.807) is 18.2 Å². The van der Waals surface area contributed by atoms with Gasteiger partial charge in [-0.05, 0) is 85.4 Å². The van der Waals surface area contributed by atoms with E-state index >= 15 is 8.78 Å². The highest BCUT2D eigenvalue weighted by Gasteiger charge is 2.36. The quantitative estimate of drug-likeness (QED) is 0.213. The lowest BCUT2D eigenvalue weighted by atomic mass is 9.92. The maximum atomic E-state index is 16.8. The van der Waals surface area contributed by atoms with Crippen LogP contribution in [0.4, 0.5) is 19.0 Å². The summed E-state index contributed by atoms with van der Waals surface area (Å²) in [5.74, 6) is -1.37. The van der Waals surface area contributed by atoms with Crippen molar-refractivity contribution in [2.45, 2.75) is 88.9 Å². The van der Waals surface area contributed by atoms with Crippen LogP contribution in [0, 0.1) is 17.5 Å². The smallest absolute Gasteiger partial charge is 0.319 e. The highest BCUT2D eigenvalue weighted by Crippen LogP contribution is 2.41. The lowest BCUT2D eigenvalue weighted by Gasteiger charge is -2.34. The van der Waals surface area contributed by atoms with Gasteiger partial charge in [0.25, 0.3) is 0 Å². The van der Waals surface area contributed by atoms with Crippen LogP contribution in [-0.4, -0.2) is 65.3 Å². The van der Waals surface area contributed by atoms with Crippen molar-refractivity contribution in [2.24, 2.45) is 0 Å². The van der Waals surface area contributed by atoms with E-state index in [-0.39, 0.29) is 22.9 Å². The summed E-state index contributed by atoms with van der Waals surface area (Å²) in [5.41, 5.74) is 0.579. The number of nitrogens with one attached hydrogen (secondary N) is 1. The Balaban J connectivity index is 1.19. The van der Waals surface area contributed by atoms with Crippen LogP contribution >= 0.6 is 0 Å². The van der Waals surface area contributed by atoms with Gasteiger partial charge in [-0.3, -0.25) is 4.90 Å². The van der Waals surface area contributed by atoms with Crippen molar-refractivity contribution in [1.82, 2.24) is 20.2 Å². The van der Waals surface area contributed by atoms with Crippen molar-refractivity contribution in [1.29, 1.82) is 0 Å². The Labute approximate surface area is 262 Å². The van der Waals surface area contributed by atoms with E-state index < -0.39 is 11.6 Å². The lowest BCUT2D eigenvalue weighted by Crippen LogP contribution is -2.51. The molecule has 1 N–H and O–H groups in total. The number of hydrogen-bond acceptors (Lipinski definition) is 6. The highest BCUT2D eigenvalue weighted by atomic mass is 19.1. The van der Waals surface area contributed by atoms with E-state index in [0.29, 0.717) is 78.0 Å². The lowest BCUT2D eigenvalue weighted by molar-refractivity contribution is 0.129. The van der Waals surface area contributed by atoms with Crippen LogP contribution in [0.2, 0.25) is 0 Å². The fourth-order valence-corrected chi connectivity index (χ4v) is 8.66. The van der Waals surface area contributed by atoms with E-state index in [4.69, 9.17) is 9.72 Å². The Morgan fingerprint density at radius 2 is 1.69 bits per heavy atom. The van der Waals surface area contributed by atoms with Crippen LogP contribution in [0.5, 0.6) is 6.01 Å². The normalized spacial score (nSPS) is 24.7. The molecule has 9 heteroatoms. The first-order valence-electron chi connectivity index (χ1n) is 16.8. The first kappa shape index (κ1) is 29.0. The molecule has 0 spiro atoms. The predicted molar refractivity (Wildman–Crippen MR) is 171 cm³/mol. The van der Waals surface area contributed by atoms with Gasteiger partial charge in [-0.1, -0.05) is 37.6 Å². The second-order valence-corrected chi connectivity index (χ2v) is 13.4. The summed E-state index contributed by atoms with van der Waals surface area (Å²) in [6, 6.07) is 11.8. The molecule has 4 saturated heterocycles. The minimum atomic E-state index is -0.777. The van der Waals surface area contributed by atoms with Crippen LogP contribution in [0.3, 0.4) is 0 Å². The Bertz CT molecular complexity index is 1740. The number of nitrogens with zero attached hydrogens (tertiary/aromatic N) is 4. The predicted octanol–water partition coefficient (Wildman–Crippen LogP) is 7.16. The summed E-state index contributed by atoms with van der Waals surface area (Å²) in [6.07, 6.45) is 9.82. The van der Waals surface area contributed by atoms with Crippen molar-refractivity contribution >= 4 is 27.5 Å². The second kappa shape index (κ2) is 11.7. The summed E-state index contributed by atoms with van der Waals surface area (Å²) in [5, 5.41) is 5.21. The Morgan fingerprint density at radius 3 is 2.44 bits per heavy atom. The zero-order valence-corrected chi connectivity index (χ0v) is 25.8. The Hall–Kier alpha value is -3.43. The molecule has 0 saturated carbocycles. The van der Waals surface area contributed by atoms with Gasteiger partial charge >= 0.3 is 6.01 Å². The molecule has 4 aromatic rings. The van der Waals surface area contributed by atoms with E-state index in [1.807, 2.05) is 13.0 Å². The van der Waals surface area contributed by atoms with E-state index in [2.05, 4.69) is 20.1 Å². The topological polar surface area (TPSA) is 53.5 Å². The molecule has 4 bridgehead atoms. The van der Waals surface area contributed by atoms with Crippen molar-refractivity contribution in [3.05, 3.63) is 59.4 Å². The molecule has 8 rings (SSSR count). The first-order valence-corrected chi connectivity index (χ1v) is 16.8. The van der Waals surface area contributed by atoms with Crippen molar-refractivity contribution in [3.8, 4) is 17.1 Å². The molecule has 5 heterocycles. The summed E-state index contributed by atoms with van der Waals surface area (Å²) in [4.78, 5) is 14.1. The van der Waals surface area contributed by atoms with Crippen molar-refractivity contribution < 1.29 is 17.9 Å². The van der Waals surface area contributed by atoms with Gasteiger partial charge < -0.3 is 15.0 Å². The molecule has 0 aliphatic carbocycles. The number of rotatable bonds is 8.